The molecule has 4 aromatic rings. The number of anilines is 1. The van der Waals surface area contributed by atoms with Crippen LogP contribution in [0.15, 0.2) is 109 Å². The summed E-state index contributed by atoms with van der Waals surface area (Å²) < 4.78 is 2.18. The Labute approximate surface area is 187 Å². The van der Waals surface area contributed by atoms with Gasteiger partial charge in [-0.15, -0.1) is 0 Å². The number of para-hydroxylation sites is 1. The van der Waals surface area contributed by atoms with E-state index in [2.05, 4.69) is 46.8 Å². The highest BCUT2D eigenvalue weighted by molar-refractivity contribution is 5.94. The molecular weight excluding hydrogens is 394 g/mol. The second-order valence-corrected chi connectivity index (χ2v) is 7.75. The van der Waals surface area contributed by atoms with Gasteiger partial charge in [-0.1, -0.05) is 54.6 Å². The molecule has 1 aliphatic heterocycles. The second-order valence-electron chi connectivity index (χ2n) is 7.75. The average molecular weight is 418 g/mol. The van der Waals surface area contributed by atoms with E-state index < -0.39 is 6.04 Å². The molecule has 0 bridgehead atoms. The number of hydrogen-bond donors (Lipinski definition) is 0. The maximum Gasteiger partial charge on any atom is 0.148 e. The van der Waals surface area contributed by atoms with Crippen LogP contribution in [0.1, 0.15) is 11.4 Å². The lowest BCUT2D eigenvalue weighted by atomic mass is 10.0. The Morgan fingerprint density at radius 3 is 2.25 bits per heavy atom. The van der Waals surface area contributed by atoms with Gasteiger partial charge in [-0.2, -0.15) is 0 Å². The van der Waals surface area contributed by atoms with E-state index >= 15 is 0 Å². The number of rotatable bonds is 5. The first-order chi connectivity index (χ1) is 15.8. The summed E-state index contributed by atoms with van der Waals surface area (Å²) in [7, 11) is 0. The van der Waals surface area contributed by atoms with Crippen LogP contribution in [-0.4, -0.2) is 21.9 Å². The van der Waals surface area contributed by atoms with Crippen molar-refractivity contribution in [1.29, 1.82) is 0 Å². The Hall–Kier alpha value is -4.18. The summed E-state index contributed by atoms with van der Waals surface area (Å²) >= 11 is 0. The van der Waals surface area contributed by atoms with Gasteiger partial charge in [0.25, 0.3) is 0 Å². The van der Waals surface area contributed by atoms with E-state index in [1.807, 2.05) is 77.8 Å². The Bertz CT molecular complexity index is 1290. The van der Waals surface area contributed by atoms with E-state index in [1.165, 1.54) is 0 Å². The molecule has 5 rings (SSSR count). The van der Waals surface area contributed by atoms with E-state index in [0.29, 0.717) is 0 Å². The Morgan fingerprint density at radius 1 is 0.844 bits per heavy atom. The van der Waals surface area contributed by atoms with Gasteiger partial charge in [-0.05, 0) is 55.0 Å². The molecule has 0 amide bonds. The SMILES string of the molecule is Cc1ccc(-c2ccccc2)n1C1=CC(c2ccccn2)=CN(c2ccccc2)C1C=O. The number of allylic oxidation sites excluding steroid dienone is 2. The minimum absolute atomic E-state index is 0.474. The lowest BCUT2D eigenvalue weighted by Crippen LogP contribution is -2.37. The van der Waals surface area contributed by atoms with Gasteiger partial charge in [0.2, 0.25) is 0 Å². The summed E-state index contributed by atoms with van der Waals surface area (Å²) in [5.74, 6) is 0. The van der Waals surface area contributed by atoms with Gasteiger partial charge in [0.15, 0.2) is 0 Å². The van der Waals surface area contributed by atoms with Gasteiger partial charge in [-0.3, -0.25) is 4.98 Å². The molecule has 156 valence electrons. The zero-order valence-corrected chi connectivity index (χ0v) is 17.8. The van der Waals surface area contributed by atoms with E-state index in [-0.39, 0.29) is 0 Å². The molecule has 1 aliphatic rings. The van der Waals surface area contributed by atoms with Crippen molar-refractivity contribution in [1.82, 2.24) is 9.55 Å². The number of aryl methyl sites for hydroxylation is 1. The third kappa shape index (κ3) is 3.56. The molecule has 2 aromatic carbocycles. The van der Waals surface area contributed by atoms with Crippen molar-refractivity contribution in [2.75, 3.05) is 4.90 Å². The maximum atomic E-state index is 12.5. The van der Waals surface area contributed by atoms with Crippen molar-refractivity contribution < 1.29 is 4.79 Å². The molecule has 0 radical (unpaired) electrons. The molecule has 32 heavy (non-hydrogen) atoms. The van der Waals surface area contributed by atoms with Crippen molar-refractivity contribution in [3.63, 3.8) is 0 Å². The molecule has 0 saturated carbocycles. The Balaban J connectivity index is 1.72. The number of nitrogens with zero attached hydrogens (tertiary/aromatic N) is 3. The molecule has 0 N–H and O–H groups in total. The van der Waals surface area contributed by atoms with E-state index in [9.17, 15) is 4.79 Å². The highest BCUT2D eigenvalue weighted by Crippen LogP contribution is 2.35. The molecule has 4 nitrogen and oxygen atoms in total. The summed E-state index contributed by atoms with van der Waals surface area (Å²) in [6, 6.07) is 29.9. The zero-order chi connectivity index (χ0) is 21.9. The molecule has 0 saturated heterocycles. The first-order valence-corrected chi connectivity index (χ1v) is 10.6. The first kappa shape index (κ1) is 19.8. The largest absolute Gasteiger partial charge is 0.331 e. The molecule has 2 aromatic heterocycles. The van der Waals surface area contributed by atoms with Crippen LogP contribution in [0.3, 0.4) is 0 Å². The van der Waals surface area contributed by atoms with Gasteiger partial charge in [0.1, 0.15) is 12.3 Å². The maximum absolute atomic E-state index is 12.5. The monoisotopic (exact) mass is 417 g/mol. The minimum atomic E-state index is -0.474. The summed E-state index contributed by atoms with van der Waals surface area (Å²) in [6.45, 7) is 2.07. The number of aromatic nitrogens is 2. The highest BCUT2D eigenvalue weighted by Gasteiger charge is 2.29. The summed E-state index contributed by atoms with van der Waals surface area (Å²) in [5, 5.41) is 0. The highest BCUT2D eigenvalue weighted by atomic mass is 16.1. The molecular formula is C28H23N3O. The van der Waals surface area contributed by atoms with Crippen molar-refractivity contribution in [2.45, 2.75) is 13.0 Å². The van der Waals surface area contributed by atoms with Crippen LogP contribution in [0.25, 0.3) is 22.5 Å². The van der Waals surface area contributed by atoms with E-state index in [1.54, 1.807) is 6.20 Å². The van der Waals surface area contributed by atoms with E-state index in [4.69, 9.17) is 0 Å². The lowest BCUT2D eigenvalue weighted by molar-refractivity contribution is -0.107. The number of hydrogen-bond acceptors (Lipinski definition) is 3. The fraction of sp³-hybridized carbons (Fsp3) is 0.0714. The van der Waals surface area contributed by atoms with Crippen LogP contribution in [0.2, 0.25) is 0 Å². The zero-order valence-electron chi connectivity index (χ0n) is 17.8. The van der Waals surface area contributed by atoms with Gasteiger partial charge in [0.05, 0.1) is 17.1 Å². The quantitative estimate of drug-likeness (QED) is 0.384. The smallest absolute Gasteiger partial charge is 0.148 e. The topological polar surface area (TPSA) is 38.1 Å². The minimum Gasteiger partial charge on any atom is -0.331 e. The fourth-order valence-electron chi connectivity index (χ4n) is 4.21. The third-order valence-electron chi connectivity index (χ3n) is 5.73. The number of carbonyl (C=O) groups excluding carboxylic acids is 1. The van der Waals surface area contributed by atoms with E-state index in [0.717, 1.165) is 45.9 Å². The summed E-state index contributed by atoms with van der Waals surface area (Å²) in [5.41, 5.74) is 6.89. The third-order valence-corrected chi connectivity index (χ3v) is 5.73. The second kappa shape index (κ2) is 8.52. The molecule has 0 fully saturated rings. The van der Waals surface area contributed by atoms with Gasteiger partial charge in [0, 0.05) is 29.4 Å². The van der Waals surface area contributed by atoms with Crippen LogP contribution in [0, 0.1) is 6.92 Å². The van der Waals surface area contributed by atoms with Crippen molar-refractivity contribution >= 4 is 23.2 Å². The Morgan fingerprint density at radius 2 is 1.56 bits per heavy atom. The van der Waals surface area contributed by atoms with Crippen LogP contribution < -0.4 is 4.90 Å². The fourth-order valence-corrected chi connectivity index (χ4v) is 4.21. The van der Waals surface area contributed by atoms with Crippen molar-refractivity contribution in [3.8, 4) is 11.3 Å². The summed E-state index contributed by atoms with van der Waals surface area (Å²) in [6.07, 6.45) is 6.90. The first-order valence-electron chi connectivity index (χ1n) is 10.6. The van der Waals surface area contributed by atoms with Crippen LogP contribution in [0.5, 0.6) is 0 Å². The number of carbonyl (C=O) groups is 1. The van der Waals surface area contributed by atoms with Gasteiger partial charge >= 0.3 is 0 Å². The average Bonchev–Trinajstić information content (AvgIpc) is 3.26. The van der Waals surface area contributed by atoms with Crippen LogP contribution in [0.4, 0.5) is 5.69 Å². The molecule has 4 heteroatoms. The molecule has 1 atom stereocenters. The number of aldehydes is 1. The van der Waals surface area contributed by atoms with Gasteiger partial charge in [-0.25, -0.2) is 0 Å². The predicted molar refractivity (Wildman–Crippen MR) is 130 cm³/mol. The van der Waals surface area contributed by atoms with Crippen LogP contribution in [-0.2, 0) is 4.79 Å². The van der Waals surface area contributed by atoms with Crippen molar-refractivity contribution in [2.24, 2.45) is 0 Å². The predicted octanol–water partition coefficient (Wildman–Crippen LogP) is 5.83. The normalized spacial score (nSPS) is 15.8. The molecule has 0 aliphatic carbocycles. The molecule has 3 heterocycles. The molecule has 0 spiro atoms. The number of benzene rings is 2. The lowest BCUT2D eigenvalue weighted by Gasteiger charge is -2.34. The Kier molecular flexibility index (Phi) is 5.26. The number of pyridine rings is 1. The molecule has 1 unspecified atom stereocenters. The van der Waals surface area contributed by atoms with Crippen molar-refractivity contribution in [3.05, 3.63) is 121 Å². The standard InChI is InChI=1S/C28H23N3O/c1-21-15-16-26(22-10-4-2-5-11-22)31(21)27-18-23(25-14-8-9-17-29-25)19-30(28(27)20-32)24-12-6-3-7-13-24/h2-20,28H,1H3. The summed E-state index contributed by atoms with van der Waals surface area (Å²) in [4.78, 5) is 19.1. The van der Waals surface area contributed by atoms with Crippen LogP contribution >= 0.6 is 0 Å². The van der Waals surface area contributed by atoms with Gasteiger partial charge < -0.3 is 14.3 Å².